The Balaban J connectivity index is 1.31. The largest absolute Gasteiger partial charge is 0.467 e. The predicted molar refractivity (Wildman–Crippen MR) is 225 cm³/mol. The Bertz CT molecular complexity index is 1810. The zero-order chi connectivity index (χ0) is 40.0. The molecule has 0 saturated carbocycles. The number of hydrogen-bond donors (Lipinski definition) is 2. The van der Waals surface area contributed by atoms with Crippen LogP contribution in [0.5, 0.6) is 5.75 Å². The number of nitrogens with zero attached hydrogens (tertiary/aromatic N) is 4. The van der Waals surface area contributed by atoms with Crippen molar-refractivity contribution in [2.24, 2.45) is 5.92 Å². The number of nitro benzene ring substituents is 1. The van der Waals surface area contributed by atoms with Crippen molar-refractivity contribution in [1.82, 2.24) is 19.8 Å². The van der Waals surface area contributed by atoms with Crippen LogP contribution in [0.15, 0.2) is 57.2 Å². The molecule has 0 aliphatic rings. The Morgan fingerprint density at radius 1 is 0.945 bits per heavy atom. The number of hydrogen-bond acceptors (Lipinski definition) is 9. The lowest BCUT2D eigenvalue weighted by Gasteiger charge is -2.22. The maximum absolute atomic E-state index is 12.3. The molecule has 2 heterocycles. The number of fused-ring (bicyclic) bond motifs is 1. The van der Waals surface area contributed by atoms with Gasteiger partial charge in [0.05, 0.1) is 38.5 Å². The van der Waals surface area contributed by atoms with Crippen LogP contribution >= 0.6 is 23.5 Å². The summed E-state index contributed by atoms with van der Waals surface area (Å²) in [5.41, 5.74) is 1.82. The van der Waals surface area contributed by atoms with Crippen LogP contribution in [0.25, 0.3) is 5.65 Å². The highest BCUT2D eigenvalue weighted by molar-refractivity contribution is 7.99. The zero-order valence-corrected chi connectivity index (χ0v) is 35.8. The number of rotatable bonds is 24. The lowest BCUT2D eigenvalue weighted by Crippen LogP contribution is -2.28. The van der Waals surface area contributed by atoms with E-state index in [4.69, 9.17) is 9.47 Å². The minimum Gasteiger partial charge on any atom is -0.467 e. The molecule has 0 saturated heterocycles. The predicted octanol–water partition coefficient (Wildman–Crippen LogP) is 11.7. The van der Waals surface area contributed by atoms with Crippen molar-refractivity contribution in [3.05, 3.63) is 64.1 Å². The number of thioether (sulfide) groups is 1. The van der Waals surface area contributed by atoms with Gasteiger partial charge in [0, 0.05) is 22.4 Å². The zero-order valence-electron chi connectivity index (χ0n) is 34.2. The lowest BCUT2D eigenvalue weighted by atomic mass is 9.92. The second-order valence-corrected chi connectivity index (χ2v) is 18.7. The van der Waals surface area contributed by atoms with Crippen molar-refractivity contribution in [3.63, 3.8) is 0 Å². The number of unbranched alkanes of at least 4 members (excludes halogenated alkanes) is 9. The molecule has 2 N–H and O–H groups in total. The average Bonchev–Trinajstić information content (AvgIpc) is 3.71. The number of benzene rings is 2. The van der Waals surface area contributed by atoms with E-state index < -0.39 is 5.41 Å². The average molecular weight is 795 g/mol. The molecule has 2 aromatic heterocycles. The minimum absolute atomic E-state index is 0.00828. The monoisotopic (exact) mass is 794 g/mol. The smallest absolute Gasteiger partial charge is 0.286 e. The highest BCUT2D eigenvalue weighted by atomic mass is 32.2. The van der Waals surface area contributed by atoms with Crippen molar-refractivity contribution < 1.29 is 19.2 Å². The molecule has 0 spiro atoms. The molecule has 55 heavy (non-hydrogen) atoms. The number of nitro groups is 1. The third kappa shape index (κ3) is 13.6. The van der Waals surface area contributed by atoms with Crippen molar-refractivity contribution in [1.29, 1.82) is 0 Å². The fourth-order valence-electron chi connectivity index (χ4n) is 6.26. The molecule has 1 amide bonds. The number of aromatic nitrogens is 4. The molecule has 13 heteroatoms. The Morgan fingerprint density at radius 2 is 1.60 bits per heavy atom. The van der Waals surface area contributed by atoms with E-state index in [1.165, 1.54) is 69.2 Å². The number of carbonyl (C=O) groups is 1. The molecule has 0 aliphatic heterocycles. The molecule has 0 atom stereocenters. The SMILES string of the molecule is CCCCCCCCCCCCSc1ccc(OCOCC(C)(C)c2nnc3c(Sc4ccc(NC(=O)CC(C)C)cc4)c(C(C)(C)C)[nH]n23)cc1[N+](=O)[O-]. The van der Waals surface area contributed by atoms with Crippen molar-refractivity contribution in [2.75, 3.05) is 24.5 Å². The van der Waals surface area contributed by atoms with Crippen LogP contribution in [0, 0.1) is 16.0 Å². The van der Waals surface area contributed by atoms with E-state index in [0.717, 1.165) is 45.4 Å². The number of H-pyrrole nitrogens is 1. The molecule has 11 nitrogen and oxygen atoms in total. The fraction of sp³-hybridized carbons (Fsp3) is 0.595. The third-order valence-electron chi connectivity index (χ3n) is 9.28. The fourth-order valence-corrected chi connectivity index (χ4v) is 8.46. The van der Waals surface area contributed by atoms with Gasteiger partial charge >= 0.3 is 0 Å². The molecule has 0 aliphatic carbocycles. The Morgan fingerprint density at radius 3 is 2.22 bits per heavy atom. The van der Waals surface area contributed by atoms with Gasteiger partial charge in [0.25, 0.3) is 5.69 Å². The second kappa shape index (κ2) is 21.1. The van der Waals surface area contributed by atoms with E-state index in [9.17, 15) is 14.9 Å². The number of anilines is 1. The third-order valence-corrected chi connectivity index (χ3v) is 11.5. The van der Waals surface area contributed by atoms with Gasteiger partial charge in [0.1, 0.15) is 5.75 Å². The van der Waals surface area contributed by atoms with E-state index >= 15 is 0 Å². The normalized spacial score (nSPS) is 12.2. The first-order valence-electron chi connectivity index (χ1n) is 19.9. The van der Waals surface area contributed by atoms with Gasteiger partial charge in [-0.25, -0.2) is 4.52 Å². The molecule has 0 unspecified atom stereocenters. The Kier molecular flexibility index (Phi) is 17.0. The number of amides is 1. The van der Waals surface area contributed by atoms with E-state index in [-0.39, 0.29) is 35.3 Å². The van der Waals surface area contributed by atoms with Gasteiger partial charge in [-0.1, -0.05) is 125 Å². The summed E-state index contributed by atoms with van der Waals surface area (Å²) in [6.07, 6.45) is 13.1. The van der Waals surface area contributed by atoms with E-state index in [1.807, 2.05) is 56.5 Å². The summed E-state index contributed by atoms with van der Waals surface area (Å²) in [6, 6.07) is 12.9. The first-order valence-corrected chi connectivity index (χ1v) is 21.7. The summed E-state index contributed by atoms with van der Waals surface area (Å²) in [7, 11) is 0. The summed E-state index contributed by atoms with van der Waals surface area (Å²) in [5.74, 6) is 2.26. The van der Waals surface area contributed by atoms with Gasteiger partial charge in [-0.15, -0.1) is 22.0 Å². The highest BCUT2D eigenvalue weighted by Gasteiger charge is 2.32. The standard InChI is InChI=1S/C42H62N6O5S2/c1-9-10-11-12-13-14-15-16-17-18-25-54-35-24-21-32(27-34(35)48(50)51)53-29-52-28-42(7,8)40-45-44-39-37(38(41(4,5)6)46-47(39)40)55-33-22-19-31(20-23-33)43-36(49)26-30(2)3/h19-24,27,30,46H,9-18,25-26,28-29H2,1-8H3,(H,43,49). The summed E-state index contributed by atoms with van der Waals surface area (Å²) in [5, 5.41) is 27.7. The first kappa shape index (κ1) is 44.2. The number of nitrogens with one attached hydrogen (secondary N) is 2. The minimum atomic E-state index is -0.554. The van der Waals surface area contributed by atoms with Gasteiger partial charge in [-0.3, -0.25) is 20.0 Å². The Hall–Kier alpha value is -3.55. The van der Waals surface area contributed by atoms with Gasteiger partial charge in [0.15, 0.2) is 18.3 Å². The van der Waals surface area contributed by atoms with Gasteiger partial charge in [0.2, 0.25) is 5.91 Å². The molecule has 0 bridgehead atoms. The van der Waals surface area contributed by atoms with E-state index in [2.05, 4.69) is 48.3 Å². The number of carbonyl (C=O) groups excluding carboxylic acids is 1. The summed E-state index contributed by atoms with van der Waals surface area (Å²) >= 11 is 3.14. The maximum atomic E-state index is 12.3. The summed E-state index contributed by atoms with van der Waals surface area (Å²) in [4.78, 5) is 26.5. The maximum Gasteiger partial charge on any atom is 0.286 e. The quantitative estimate of drug-likeness (QED) is 0.0233. The Labute approximate surface area is 336 Å². The molecule has 0 fully saturated rings. The summed E-state index contributed by atoms with van der Waals surface area (Å²) < 4.78 is 13.7. The molecular formula is C42H62N6O5S2. The van der Waals surface area contributed by atoms with Crippen LogP contribution in [-0.2, 0) is 20.4 Å². The van der Waals surface area contributed by atoms with Crippen LogP contribution in [0.3, 0.4) is 0 Å². The van der Waals surface area contributed by atoms with Crippen molar-refractivity contribution >= 4 is 46.5 Å². The van der Waals surface area contributed by atoms with Crippen molar-refractivity contribution in [2.45, 2.75) is 152 Å². The molecule has 2 aromatic carbocycles. The van der Waals surface area contributed by atoms with Crippen LogP contribution in [0.1, 0.15) is 138 Å². The van der Waals surface area contributed by atoms with Gasteiger partial charge in [-0.05, 0) is 54.5 Å². The summed E-state index contributed by atoms with van der Waals surface area (Å²) in [6.45, 7) is 17.0. The number of ether oxygens (including phenoxy) is 2. The van der Waals surface area contributed by atoms with E-state index in [1.54, 1.807) is 23.9 Å². The highest BCUT2D eigenvalue weighted by Crippen LogP contribution is 2.40. The second-order valence-electron chi connectivity index (χ2n) is 16.4. The molecular weight excluding hydrogens is 733 g/mol. The first-order chi connectivity index (χ1) is 26.2. The van der Waals surface area contributed by atoms with E-state index in [0.29, 0.717) is 28.8 Å². The van der Waals surface area contributed by atoms with Gasteiger partial charge in [-0.2, -0.15) is 0 Å². The van der Waals surface area contributed by atoms with Crippen molar-refractivity contribution in [3.8, 4) is 5.75 Å². The molecule has 4 aromatic rings. The molecule has 302 valence electrons. The topological polar surface area (TPSA) is 137 Å². The molecule has 0 radical (unpaired) electrons. The number of aromatic amines is 1. The van der Waals surface area contributed by atoms with Gasteiger partial charge < -0.3 is 14.8 Å². The van der Waals surface area contributed by atoms with Crippen LogP contribution in [0.2, 0.25) is 0 Å². The van der Waals surface area contributed by atoms with Crippen LogP contribution < -0.4 is 10.1 Å². The van der Waals surface area contributed by atoms with Crippen LogP contribution in [0.4, 0.5) is 11.4 Å². The van der Waals surface area contributed by atoms with Crippen LogP contribution in [-0.4, -0.2) is 49.8 Å². The molecule has 4 rings (SSSR count). The lowest BCUT2D eigenvalue weighted by molar-refractivity contribution is -0.387.